The highest BCUT2D eigenvalue weighted by Gasteiger charge is 2.38. The number of benzene rings is 2. The number of carbonyl (C=O) groups is 2. The molecule has 1 saturated heterocycles. The van der Waals surface area contributed by atoms with Crippen molar-refractivity contribution in [3.8, 4) is 11.5 Å². The summed E-state index contributed by atoms with van der Waals surface area (Å²) >= 11 is 0. The highest BCUT2D eigenvalue weighted by atomic mass is 16.5. The van der Waals surface area contributed by atoms with Crippen molar-refractivity contribution in [3.05, 3.63) is 59.7 Å². The Hall–Kier alpha value is -3.02. The van der Waals surface area contributed by atoms with Gasteiger partial charge in [-0.3, -0.25) is 9.59 Å². The average Bonchev–Trinajstić information content (AvgIpc) is 2.77. The predicted octanol–water partition coefficient (Wildman–Crippen LogP) is 3.26. The van der Waals surface area contributed by atoms with Crippen LogP contribution in [-0.2, 0) is 11.3 Å². The normalized spacial score (nSPS) is 15.5. The zero-order valence-electron chi connectivity index (χ0n) is 17.2. The quantitative estimate of drug-likeness (QED) is 0.814. The molecule has 2 aromatic carbocycles. The maximum Gasteiger partial charge on any atom is 0.253 e. The molecule has 0 radical (unpaired) electrons. The zero-order valence-corrected chi connectivity index (χ0v) is 17.2. The molecule has 0 aromatic heterocycles. The summed E-state index contributed by atoms with van der Waals surface area (Å²) in [5.74, 6) is 1.41. The van der Waals surface area contributed by atoms with Gasteiger partial charge in [0.25, 0.3) is 5.91 Å². The number of likely N-dealkylation sites (tertiary alicyclic amines) is 1. The van der Waals surface area contributed by atoms with Crippen LogP contribution in [-0.4, -0.2) is 44.0 Å². The summed E-state index contributed by atoms with van der Waals surface area (Å²) in [4.78, 5) is 27.3. The molecule has 29 heavy (non-hydrogen) atoms. The second-order valence-electron chi connectivity index (χ2n) is 7.62. The summed E-state index contributed by atoms with van der Waals surface area (Å²) in [7, 11) is 3.20. The highest BCUT2D eigenvalue weighted by molar-refractivity contribution is 5.94. The molecule has 1 fully saturated rings. The Labute approximate surface area is 171 Å². The second kappa shape index (κ2) is 8.99. The van der Waals surface area contributed by atoms with Crippen molar-refractivity contribution in [1.82, 2.24) is 10.2 Å². The molecule has 2 aromatic rings. The van der Waals surface area contributed by atoms with E-state index in [1.54, 1.807) is 20.3 Å². The van der Waals surface area contributed by atoms with Gasteiger partial charge in [0.2, 0.25) is 5.91 Å². The van der Waals surface area contributed by atoms with E-state index < -0.39 is 5.41 Å². The number of piperidine rings is 1. The Morgan fingerprint density at radius 2 is 1.59 bits per heavy atom. The lowest BCUT2D eigenvalue weighted by Crippen LogP contribution is -2.48. The number of rotatable bonds is 6. The van der Waals surface area contributed by atoms with Crippen LogP contribution in [0.2, 0.25) is 0 Å². The van der Waals surface area contributed by atoms with Gasteiger partial charge in [0.15, 0.2) is 0 Å². The molecule has 2 amide bonds. The third-order valence-corrected chi connectivity index (χ3v) is 5.59. The molecular weight excluding hydrogens is 368 g/mol. The largest absolute Gasteiger partial charge is 0.497 e. The Morgan fingerprint density at radius 1 is 1.00 bits per heavy atom. The maximum atomic E-state index is 12.9. The van der Waals surface area contributed by atoms with E-state index in [2.05, 4.69) is 5.32 Å². The van der Waals surface area contributed by atoms with Crippen LogP contribution in [0.3, 0.4) is 0 Å². The van der Waals surface area contributed by atoms with Crippen molar-refractivity contribution in [3.63, 3.8) is 0 Å². The molecule has 0 atom stereocenters. The predicted molar refractivity (Wildman–Crippen MR) is 111 cm³/mol. The third kappa shape index (κ3) is 4.88. The van der Waals surface area contributed by atoms with E-state index in [0.29, 0.717) is 49.5 Å². The van der Waals surface area contributed by atoms with Crippen LogP contribution in [0.15, 0.2) is 48.5 Å². The second-order valence-corrected chi connectivity index (χ2v) is 7.62. The summed E-state index contributed by atoms with van der Waals surface area (Å²) in [6.07, 6.45) is 1.28. The monoisotopic (exact) mass is 396 g/mol. The topological polar surface area (TPSA) is 67.9 Å². The molecule has 1 aliphatic heterocycles. The number of carbonyl (C=O) groups excluding carboxylic acids is 2. The van der Waals surface area contributed by atoms with Crippen molar-refractivity contribution in [1.29, 1.82) is 0 Å². The molecule has 0 spiro atoms. The minimum atomic E-state index is -0.490. The van der Waals surface area contributed by atoms with Crippen LogP contribution in [0.25, 0.3) is 0 Å². The number of nitrogens with one attached hydrogen (secondary N) is 1. The maximum absolute atomic E-state index is 12.9. The summed E-state index contributed by atoms with van der Waals surface area (Å²) in [6.45, 7) is 3.52. The molecular formula is C23H28N2O4. The van der Waals surface area contributed by atoms with Gasteiger partial charge in [-0.15, -0.1) is 0 Å². The van der Waals surface area contributed by atoms with Crippen molar-refractivity contribution < 1.29 is 19.1 Å². The molecule has 3 rings (SSSR count). The smallest absolute Gasteiger partial charge is 0.253 e. The van der Waals surface area contributed by atoms with E-state index in [1.807, 2.05) is 54.3 Å². The molecule has 6 heteroatoms. The van der Waals surface area contributed by atoms with Gasteiger partial charge in [-0.1, -0.05) is 25.1 Å². The number of ether oxygens (including phenoxy) is 2. The van der Waals surface area contributed by atoms with Crippen LogP contribution in [0.1, 0.15) is 35.7 Å². The van der Waals surface area contributed by atoms with Crippen molar-refractivity contribution >= 4 is 11.8 Å². The Kier molecular flexibility index (Phi) is 6.42. The van der Waals surface area contributed by atoms with E-state index in [4.69, 9.17) is 9.47 Å². The number of hydrogen-bond donors (Lipinski definition) is 1. The first-order valence-electron chi connectivity index (χ1n) is 9.80. The third-order valence-electron chi connectivity index (χ3n) is 5.59. The lowest BCUT2D eigenvalue weighted by Gasteiger charge is -2.38. The van der Waals surface area contributed by atoms with E-state index in [9.17, 15) is 9.59 Å². The van der Waals surface area contributed by atoms with Crippen molar-refractivity contribution in [2.75, 3.05) is 27.3 Å². The van der Waals surface area contributed by atoms with Gasteiger partial charge in [-0.25, -0.2) is 0 Å². The number of hydrogen-bond acceptors (Lipinski definition) is 4. The Morgan fingerprint density at radius 3 is 2.14 bits per heavy atom. The molecule has 0 aliphatic carbocycles. The summed E-state index contributed by atoms with van der Waals surface area (Å²) < 4.78 is 10.6. The fraction of sp³-hybridized carbons (Fsp3) is 0.391. The highest BCUT2D eigenvalue weighted by Crippen LogP contribution is 2.32. The number of amides is 2. The lowest BCUT2D eigenvalue weighted by molar-refractivity contribution is -0.132. The van der Waals surface area contributed by atoms with Gasteiger partial charge in [0.1, 0.15) is 11.5 Å². The average molecular weight is 396 g/mol. The number of methoxy groups -OCH3 is 2. The molecule has 0 bridgehead atoms. The van der Waals surface area contributed by atoms with Gasteiger partial charge in [0.05, 0.1) is 14.2 Å². The van der Waals surface area contributed by atoms with E-state index in [-0.39, 0.29) is 11.8 Å². The molecule has 1 N–H and O–H groups in total. The fourth-order valence-electron chi connectivity index (χ4n) is 3.56. The van der Waals surface area contributed by atoms with E-state index in [1.165, 1.54) is 0 Å². The lowest BCUT2D eigenvalue weighted by atomic mass is 9.79. The first kappa shape index (κ1) is 20.7. The van der Waals surface area contributed by atoms with Crippen LogP contribution in [0.5, 0.6) is 11.5 Å². The van der Waals surface area contributed by atoms with Crippen LogP contribution < -0.4 is 14.8 Å². The minimum absolute atomic E-state index is 0.00565. The molecule has 1 heterocycles. The summed E-state index contributed by atoms with van der Waals surface area (Å²) in [5, 5.41) is 3.03. The molecule has 1 aliphatic rings. The van der Waals surface area contributed by atoms with Crippen molar-refractivity contribution in [2.24, 2.45) is 5.41 Å². The Bertz CT molecular complexity index is 836. The fourth-order valence-corrected chi connectivity index (χ4v) is 3.56. The van der Waals surface area contributed by atoms with E-state index in [0.717, 1.165) is 5.56 Å². The standard InChI is InChI=1S/C23H28N2O4/c1-23(9-11-25(12-10-23)21(26)18-7-5-4-6-8-18)22(27)24-16-17-13-19(28-2)15-20(14-17)29-3/h4-8,13-15H,9-12,16H2,1-3H3,(H,24,27). The first-order chi connectivity index (χ1) is 13.9. The van der Waals surface area contributed by atoms with Crippen LogP contribution in [0.4, 0.5) is 0 Å². The molecule has 154 valence electrons. The van der Waals surface area contributed by atoms with Crippen molar-refractivity contribution in [2.45, 2.75) is 26.3 Å². The first-order valence-corrected chi connectivity index (χ1v) is 9.80. The van der Waals surface area contributed by atoms with Gasteiger partial charge >= 0.3 is 0 Å². The summed E-state index contributed by atoms with van der Waals surface area (Å²) in [5.41, 5.74) is 1.11. The zero-order chi connectivity index (χ0) is 20.9. The van der Waals surface area contributed by atoms with E-state index >= 15 is 0 Å². The SMILES string of the molecule is COc1cc(CNC(=O)C2(C)CCN(C(=O)c3ccccc3)CC2)cc(OC)c1. The molecule has 6 nitrogen and oxygen atoms in total. The molecule has 0 saturated carbocycles. The van der Waals surface area contributed by atoms with Gasteiger partial charge in [-0.2, -0.15) is 0 Å². The van der Waals surface area contributed by atoms with Gasteiger partial charge in [-0.05, 0) is 42.7 Å². The summed E-state index contributed by atoms with van der Waals surface area (Å²) in [6, 6.07) is 14.8. The minimum Gasteiger partial charge on any atom is -0.497 e. The number of nitrogens with zero attached hydrogens (tertiary/aromatic N) is 1. The Balaban J connectivity index is 1.57. The molecule has 0 unspecified atom stereocenters. The van der Waals surface area contributed by atoms with Crippen LogP contribution >= 0.6 is 0 Å². The van der Waals surface area contributed by atoms with Crippen LogP contribution in [0, 0.1) is 5.41 Å². The van der Waals surface area contributed by atoms with Gasteiger partial charge in [0, 0.05) is 36.7 Å². The van der Waals surface area contributed by atoms with Gasteiger partial charge < -0.3 is 19.7 Å².